The standard InChI is InChI=1S/C22H28F3N5O2/c1-12-8-17(19-29-30-20(32-19)26-7-6-13(2)31)28-18-15(12)9-14(27-11-22(23,24)25)10-16(18)21(3,4)5/h8-10,13,27,31H,6-7,11H2,1-5H3,(H,26,30). The quantitative estimate of drug-likeness (QED) is 0.463. The lowest BCUT2D eigenvalue weighted by Crippen LogP contribution is -2.22. The van der Waals surface area contributed by atoms with Gasteiger partial charge in [-0.05, 0) is 55.0 Å². The number of halogens is 3. The van der Waals surface area contributed by atoms with Crippen LogP contribution in [-0.2, 0) is 5.41 Å². The number of nitrogens with one attached hydrogen (secondary N) is 2. The van der Waals surface area contributed by atoms with E-state index >= 15 is 0 Å². The number of hydrogen-bond donors (Lipinski definition) is 3. The first-order valence-corrected chi connectivity index (χ1v) is 10.4. The number of aliphatic hydroxyl groups is 1. The molecule has 0 bridgehead atoms. The van der Waals surface area contributed by atoms with E-state index in [1.165, 1.54) is 0 Å². The van der Waals surface area contributed by atoms with E-state index in [1.807, 2.05) is 27.7 Å². The summed E-state index contributed by atoms with van der Waals surface area (Å²) in [7, 11) is 0. The topological polar surface area (TPSA) is 96.1 Å². The fraction of sp³-hybridized carbons (Fsp3) is 0.500. The molecule has 174 valence electrons. The van der Waals surface area contributed by atoms with Gasteiger partial charge in [-0.2, -0.15) is 13.2 Å². The molecule has 0 spiro atoms. The van der Waals surface area contributed by atoms with Gasteiger partial charge < -0.3 is 20.2 Å². The number of fused-ring (bicyclic) bond motifs is 1. The Bertz CT molecular complexity index is 1090. The van der Waals surface area contributed by atoms with E-state index in [2.05, 4.69) is 20.8 Å². The van der Waals surface area contributed by atoms with Gasteiger partial charge in [0.1, 0.15) is 12.2 Å². The summed E-state index contributed by atoms with van der Waals surface area (Å²) in [5.74, 6) is 0.230. The molecule has 2 heterocycles. The van der Waals surface area contributed by atoms with Crippen LogP contribution in [0.25, 0.3) is 22.5 Å². The molecule has 2 aromatic heterocycles. The van der Waals surface area contributed by atoms with Crippen molar-refractivity contribution in [3.05, 3.63) is 29.3 Å². The molecule has 1 atom stereocenters. The predicted octanol–water partition coefficient (Wildman–Crippen LogP) is 5.05. The summed E-state index contributed by atoms with van der Waals surface area (Å²) in [5, 5.41) is 23.6. The fourth-order valence-corrected chi connectivity index (χ4v) is 3.26. The summed E-state index contributed by atoms with van der Waals surface area (Å²) in [4.78, 5) is 4.73. The molecule has 32 heavy (non-hydrogen) atoms. The first-order valence-electron chi connectivity index (χ1n) is 10.4. The SMILES string of the molecule is Cc1cc(-c2nnc(NCCC(C)O)o2)nc2c(C(C)(C)C)cc(NCC(F)(F)F)cc12. The Morgan fingerprint density at radius 3 is 2.44 bits per heavy atom. The van der Waals surface area contributed by atoms with Gasteiger partial charge in [0.15, 0.2) is 0 Å². The summed E-state index contributed by atoms with van der Waals surface area (Å²) in [6.07, 6.45) is -4.22. The van der Waals surface area contributed by atoms with E-state index < -0.39 is 18.8 Å². The number of aliphatic hydroxyl groups excluding tert-OH is 1. The lowest BCUT2D eigenvalue weighted by Gasteiger charge is -2.23. The third-order valence-corrected chi connectivity index (χ3v) is 4.90. The number of alkyl halides is 3. The van der Waals surface area contributed by atoms with Gasteiger partial charge in [0.05, 0.1) is 11.6 Å². The minimum atomic E-state index is -4.31. The predicted molar refractivity (Wildman–Crippen MR) is 118 cm³/mol. The third-order valence-electron chi connectivity index (χ3n) is 4.90. The molecule has 3 aromatic rings. The molecule has 10 heteroatoms. The van der Waals surface area contributed by atoms with Crippen molar-refractivity contribution in [1.82, 2.24) is 15.2 Å². The number of aromatic nitrogens is 3. The van der Waals surface area contributed by atoms with Gasteiger partial charge in [-0.25, -0.2) is 4.98 Å². The molecule has 0 amide bonds. The van der Waals surface area contributed by atoms with E-state index in [0.717, 1.165) is 16.5 Å². The monoisotopic (exact) mass is 451 g/mol. The average Bonchev–Trinajstić information content (AvgIpc) is 3.13. The summed E-state index contributed by atoms with van der Waals surface area (Å²) >= 11 is 0. The smallest absolute Gasteiger partial charge is 0.402 e. The van der Waals surface area contributed by atoms with Crippen molar-refractivity contribution >= 4 is 22.6 Å². The lowest BCUT2D eigenvalue weighted by atomic mass is 9.84. The van der Waals surface area contributed by atoms with Crippen molar-refractivity contribution in [2.24, 2.45) is 0 Å². The van der Waals surface area contributed by atoms with Gasteiger partial charge >= 0.3 is 12.2 Å². The summed E-state index contributed by atoms with van der Waals surface area (Å²) in [6.45, 7) is 8.87. The zero-order valence-electron chi connectivity index (χ0n) is 18.8. The number of rotatable bonds is 7. The normalized spacial score (nSPS) is 13.4. The van der Waals surface area contributed by atoms with Crippen LogP contribution in [0.1, 0.15) is 45.2 Å². The summed E-state index contributed by atoms with van der Waals surface area (Å²) < 4.78 is 43.8. The second-order valence-electron chi connectivity index (χ2n) is 8.94. The third kappa shape index (κ3) is 5.87. The van der Waals surface area contributed by atoms with Crippen molar-refractivity contribution in [2.45, 2.75) is 58.7 Å². The Kier molecular flexibility index (Phi) is 6.64. The van der Waals surface area contributed by atoms with Gasteiger partial charge in [-0.1, -0.05) is 25.9 Å². The number of aryl methyl sites for hydroxylation is 1. The molecule has 0 fully saturated rings. The molecule has 3 N–H and O–H groups in total. The molecule has 0 aliphatic carbocycles. The van der Waals surface area contributed by atoms with Crippen LogP contribution < -0.4 is 10.6 Å². The van der Waals surface area contributed by atoms with E-state index in [-0.39, 0.29) is 17.3 Å². The van der Waals surface area contributed by atoms with Gasteiger partial charge in [0, 0.05) is 17.6 Å². The van der Waals surface area contributed by atoms with Gasteiger partial charge in [0.25, 0.3) is 5.89 Å². The lowest BCUT2D eigenvalue weighted by molar-refractivity contribution is -0.115. The maximum Gasteiger partial charge on any atom is 0.405 e. The number of benzene rings is 1. The molecular formula is C22H28F3N5O2. The van der Waals surface area contributed by atoms with Crippen LogP contribution in [-0.4, -0.2) is 45.7 Å². The number of nitrogens with zero attached hydrogens (tertiary/aromatic N) is 3. The highest BCUT2D eigenvalue weighted by molar-refractivity contribution is 5.90. The van der Waals surface area contributed by atoms with Crippen LogP contribution in [0.5, 0.6) is 0 Å². The zero-order valence-corrected chi connectivity index (χ0v) is 18.8. The van der Waals surface area contributed by atoms with Crippen LogP contribution in [0.15, 0.2) is 22.6 Å². The first-order chi connectivity index (χ1) is 14.8. The number of pyridine rings is 1. The van der Waals surface area contributed by atoms with E-state index in [4.69, 9.17) is 9.40 Å². The minimum absolute atomic E-state index is 0.225. The highest BCUT2D eigenvalue weighted by Crippen LogP contribution is 2.35. The van der Waals surface area contributed by atoms with Crippen molar-refractivity contribution < 1.29 is 22.7 Å². The Morgan fingerprint density at radius 2 is 1.81 bits per heavy atom. The van der Waals surface area contributed by atoms with Crippen LogP contribution in [0.2, 0.25) is 0 Å². The zero-order chi connectivity index (χ0) is 23.7. The molecule has 7 nitrogen and oxygen atoms in total. The van der Waals surface area contributed by atoms with Crippen LogP contribution in [0, 0.1) is 6.92 Å². The maximum atomic E-state index is 12.7. The number of hydrogen-bond acceptors (Lipinski definition) is 7. The van der Waals surface area contributed by atoms with Crippen molar-refractivity contribution in [3.8, 4) is 11.6 Å². The highest BCUT2D eigenvalue weighted by atomic mass is 19.4. The molecule has 0 aliphatic heterocycles. The summed E-state index contributed by atoms with van der Waals surface area (Å²) in [5.41, 5.74) is 2.81. The molecule has 0 radical (unpaired) electrons. The molecule has 1 unspecified atom stereocenters. The highest BCUT2D eigenvalue weighted by Gasteiger charge is 2.27. The van der Waals surface area contributed by atoms with E-state index in [1.54, 1.807) is 25.1 Å². The van der Waals surface area contributed by atoms with Crippen LogP contribution in [0.4, 0.5) is 24.9 Å². The Hall–Kier alpha value is -2.88. The Morgan fingerprint density at radius 1 is 1.09 bits per heavy atom. The first kappa shape index (κ1) is 23.8. The Labute approximate surface area is 184 Å². The largest absolute Gasteiger partial charge is 0.405 e. The van der Waals surface area contributed by atoms with Crippen molar-refractivity contribution in [1.29, 1.82) is 0 Å². The second-order valence-corrected chi connectivity index (χ2v) is 8.94. The van der Waals surface area contributed by atoms with Crippen LogP contribution >= 0.6 is 0 Å². The molecule has 1 aromatic carbocycles. The fourth-order valence-electron chi connectivity index (χ4n) is 3.26. The average molecular weight is 451 g/mol. The van der Waals surface area contributed by atoms with Gasteiger partial charge in [0.2, 0.25) is 0 Å². The molecule has 0 saturated carbocycles. The second kappa shape index (κ2) is 8.93. The van der Waals surface area contributed by atoms with Gasteiger partial charge in [-0.15, -0.1) is 5.10 Å². The maximum absolute atomic E-state index is 12.7. The minimum Gasteiger partial charge on any atom is -0.402 e. The molecule has 3 rings (SSSR count). The number of anilines is 2. The molecule has 0 aliphatic rings. The molecular weight excluding hydrogens is 423 g/mol. The van der Waals surface area contributed by atoms with Gasteiger partial charge in [-0.3, -0.25) is 0 Å². The van der Waals surface area contributed by atoms with E-state index in [0.29, 0.717) is 29.9 Å². The van der Waals surface area contributed by atoms with Crippen molar-refractivity contribution in [3.63, 3.8) is 0 Å². The van der Waals surface area contributed by atoms with Crippen LogP contribution in [0.3, 0.4) is 0 Å². The molecule has 0 saturated heterocycles. The Balaban J connectivity index is 2.00. The summed E-state index contributed by atoms with van der Waals surface area (Å²) in [6, 6.07) is 5.39. The van der Waals surface area contributed by atoms with Crippen molar-refractivity contribution in [2.75, 3.05) is 23.7 Å². The van der Waals surface area contributed by atoms with E-state index in [9.17, 15) is 18.3 Å².